The van der Waals surface area contributed by atoms with Crippen LogP contribution in [0, 0.1) is 0 Å². The predicted octanol–water partition coefficient (Wildman–Crippen LogP) is 17.1. The summed E-state index contributed by atoms with van der Waals surface area (Å²) in [6.45, 7) is 4.78. The van der Waals surface area contributed by atoms with E-state index in [-0.39, 0.29) is 5.41 Å². The van der Waals surface area contributed by atoms with Gasteiger partial charge in [0.1, 0.15) is 0 Å². The summed E-state index contributed by atoms with van der Waals surface area (Å²) in [5.41, 5.74) is 19.4. The summed E-state index contributed by atoms with van der Waals surface area (Å²) in [5, 5.41) is 0. The zero-order valence-electron chi connectivity index (χ0n) is 37.3. The van der Waals surface area contributed by atoms with Crippen LogP contribution in [-0.4, -0.2) is 0 Å². The van der Waals surface area contributed by atoms with Crippen molar-refractivity contribution in [2.45, 2.75) is 24.7 Å². The Hall–Kier alpha value is -8.40. The molecule has 0 amide bonds. The maximum absolute atomic E-state index is 6.81. The van der Waals surface area contributed by atoms with Gasteiger partial charge in [-0.1, -0.05) is 196 Å². The number of fused-ring (bicyclic) bond motifs is 9. The molecule has 1 aliphatic heterocycles. The number of anilines is 3. The van der Waals surface area contributed by atoms with Gasteiger partial charge in [-0.15, -0.1) is 0 Å². The molecule has 0 saturated carbocycles. The quantitative estimate of drug-likeness (QED) is 0.159. The molecule has 10 aromatic rings. The van der Waals surface area contributed by atoms with Gasteiger partial charge in [0, 0.05) is 28.0 Å². The minimum absolute atomic E-state index is 0.313. The van der Waals surface area contributed by atoms with Crippen molar-refractivity contribution in [1.82, 2.24) is 0 Å². The summed E-state index contributed by atoms with van der Waals surface area (Å²) in [6.07, 6.45) is 0. The van der Waals surface area contributed by atoms with E-state index in [1.165, 1.54) is 66.8 Å². The summed E-state index contributed by atoms with van der Waals surface area (Å²) < 4.78 is 13.3. The summed E-state index contributed by atoms with van der Waals surface area (Å²) in [4.78, 5) is 2.40. The van der Waals surface area contributed by atoms with Crippen LogP contribution in [0.1, 0.15) is 47.2 Å². The zero-order chi connectivity index (χ0) is 44.7. The fourth-order valence-electron chi connectivity index (χ4n) is 11.2. The second-order valence-electron chi connectivity index (χ2n) is 18.4. The lowest BCUT2D eigenvalue weighted by Crippen LogP contribution is -2.29. The van der Waals surface area contributed by atoms with Crippen molar-refractivity contribution in [3.63, 3.8) is 0 Å². The second kappa shape index (κ2) is 15.1. The molecule has 318 valence electrons. The average molecular weight is 860 g/mol. The first-order valence-electron chi connectivity index (χ1n) is 23.2. The largest absolute Gasteiger partial charge is 0.449 e. The van der Waals surface area contributed by atoms with Gasteiger partial charge in [-0.3, -0.25) is 0 Å². The number of benzene rings is 10. The minimum Gasteiger partial charge on any atom is -0.449 e. The predicted molar refractivity (Wildman–Crippen MR) is 273 cm³/mol. The SMILES string of the molecule is CC1(C)c2cc(N(c3ccc(-c4ccccc4)cc3)c3ccc(-c4ccccc4)cc3)ccc2-c2ccc(C3(c4ccccc4)c4ccccc4-c4c3ccc3c4Oc4ccccc4O3)cc21. The molecule has 1 atom stereocenters. The van der Waals surface area contributed by atoms with E-state index in [0.29, 0.717) is 0 Å². The van der Waals surface area contributed by atoms with Gasteiger partial charge in [0.15, 0.2) is 23.0 Å². The Morgan fingerprint density at radius 3 is 1.48 bits per heavy atom. The van der Waals surface area contributed by atoms with Crippen LogP contribution in [0.3, 0.4) is 0 Å². The highest BCUT2D eigenvalue weighted by Crippen LogP contribution is 2.63. The van der Waals surface area contributed by atoms with E-state index in [4.69, 9.17) is 9.47 Å². The molecular formula is C64H45NO2. The molecule has 3 heteroatoms. The van der Waals surface area contributed by atoms with Crippen molar-refractivity contribution < 1.29 is 9.47 Å². The smallest absolute Gasteiger partial charge is 0.178 e. The van der Waals surface area contributed by atoms with Gasteiger partial charge in [-0.05, 0) is 127 Å². The number of nitrogens with zero attached hydrogens (tertiary/aromatic N) is 1. The van der Waals surface area contributed by atoms with Crippen molar-refractivity contribution in [3.8, 4) is 67.5 Å². The standard InChI is InChI=1S/C64H45NO2/c1-63(2)56-40-47(64(46-20-10-5-11-21-46)54-23-13-12-22-53(54)61-55(64)38-39-60-62(61)67-59-25-15-14-24-58(59)66-60)30-36-51(56)52-37-35-50(41-57(52)63)65(48-31-26-44(27-32-48)42-16-6-3-7-17-42)49-33-28-45(29-34-49)43-18-8-4-9-19-43/h3-41H,1-2H3. The highest BCUT2D eigenvalue weighted by Gasteiger charge is 2.49. The monoisotopic (exact) mass is 859 g/mol. The van der Waals surface area contributed by atoms with Crippen molar-refractivity contribution in [2.24, 2.45) is 0 Å². The summed E-state index contributed by atoms with van der Waals surface area (Å²) in [6, 6.07) is 85.6. The van der Waals surface area contributed by atoms with Crippen LogP contribution >= 0.6 is 0 Å². The van der Waals surface area contributed by atoms with Crippen LogP contribution in [-0.2, 0) is 10.8 Å². The molecule has 67 heavy (non-hydrogen) atoms. The zero-order valence-corrected chi connectivity index (χ0v) is 37.3. The molecule has 0 fully saturated rings. The van der Waals surface area contributed by atoms with Gasteiger partial charge in [0.2, 0.25) is 0 Å². The number of hydrogen-bond donors (Lipinski definition) is 0. The number of para-hydroxylation sites is 2. The van der Waals surface area contributed by atoms with Crippen molar-refractivity contribution in [2.75, 3.05) is 4.90 Å². The lowest BCUT2D eigenvalue weighted by Gasteiger charge is -2.35. The first kappa shape index (κ1) is 39.0. The molecule has 0 radical (unpaired) electrons. The molecule has 2 aliphatic carbocycles. The van der Waals surface area contributed by atoms with E-state index in [0.717, 1.165) is 51.2 Å². The van der Waals surface area contributed by atoms with Crippen molar-refractivity contribution in [1.29, 1.82) is 0 Å². The highest BCUT2D eigenvalue weighted by atomic mass is 16.6. The van der Waals surface area contributed by atoms with E-state index in [1.807, 2.05) is 24.3 Å². The Kier molecular flexibility index (Phi) is 8.78. The second-order valence-corrected chi connectivity index (χ2v) is 18.4. The normalized spacial score (nSPS) is 15.4. The van der Waals surface area contributed by atoms with Gasteiger partial charge in [0.25, 0.3) is 0 Å². The fraction of sp³-hybridized carbons (Fsp3) is 0.0625. The summed E-state index contributed by atoms with van der Waals surface area (Å²) in [5.74, 6) is 2.94. The van der Waals surface area contributed by atoms with Gasteiger partial charge in [0.05, 0.1) is 5.41 Å². The molecule has 0 aromatic heterocycles. The third-order valence-corrected chi connectivity index (χ3v) is 14.4. The number of rotatable bonds is 7. The van der Waals surface area contributed by atoms with Crippen LogP contribution < -0.4 is 14.4 Å². The molecule has 0 spiro atoms. The molecule has 10 aromatic carbocycles. The van der Waals surface area contributed by atoms with Crippen LogP contribution in [0.25, 0.3) is 44.5 Å². The Morgan fingerprint density at radius 2 is 0.836 bits per heavy atom. The molecule has 13 rings (SSSR count). The molecule has 3 aliphatic rings. The topological polar surface area (TPSA) is 21.7 Å². The molecule has 1 unspecified atom stereocenters. The number of hydrogen-bond acceptors (Lipinski definition) is 3. The Labute approximate surface area is 391 Å². The van der Waals surface area contributed by atoms with Crippen LogP contribution in [0.5, 0.6) is 23.0 Å². The van der Waals surface area contributed by atoms with E-state index in [9.17, 15) is 0 Å². The maximum Gasteiger partial charge on any atom is 0.178 e. The van der Waals surface area contributed by atoms with Gasteiger partial charge in [-0.2, -0.15) is 0 Å². The first-order chi connectivity index (χ1) is 33.0. The minimum atomic E-state index is -0.623. The van der Waals surface area contributed by atoms with Gasteiger partial charge < -0.3 is 14.4 Å². The highest BCUT2D eigenvalue weighted by molar-refractivity contribution is 5.93. The third-order valence-electron chi connectivity index (χ3n) is 14.4. The Morgan fingerprint density at radius 1 is 0.328 bits per heavy atom. The molecule has 0 saturated heterocycles. The lowest BCUT2D eigenvalue weighted by atomic mass is 9.66. The lowest BCUT2D eigenvalue weighted by molar-refractivity contribution is 0.360. The first-order valence-corrected chi connectivity index (χ1v) is 23.2. The van der Waals surface area contributed by atoms with Crippen molar-refractivity contribution in [3.05, 3.63) is 270 Å². The van der Waals surface area contributed by atoms with Crippen molar-refractivity contribution >= 4 is 17.1 Å². The summed E-state index contributed by atoms with van der Waals surface area (Å²) >= 11 is 0. The van der Waals surface area contributed by atoms with E-state index in [2.05, 4.69) is 231 Å². The molecular weight excluding hydrogens is 815 g/mol. The average Bonchev–Trinajstić information content (AvgIpc) is 3.82. The van der Waals surface area contributed by atoms with E-state index >= 15 is 0 Å². The fourth-order valence-corrected chi connectivity index (χ4v) is 11.2. The Bertz CT molecular complexity index is 3440. The van der Waals surface area contributed by atoms with E-state index < -0.39 is 5.41 Å². The number of ether oxygens (including phenoxy) is 2. The van der Waals surface area contributed by atoms with Crippen LogP contribution in [0.15, 0.2) is 237 Å². The van der Waals surface area contributed by atoms with E-state index in [1.54, 1.807) is 0 Å². The molecule has 3 nitrogen and oxygen atoms in total. The van der Waals surface area contributed by atoms with Crippen LogP contribution in [0.4, 0.5) is 17.1 Å². The van der Waals surface area contributed by atoms with Crippen LogP contribution in [0.2, 0.25) is 0 Å². The maximum atomic E-state index is 6.81. The Balaban J connectivity index is 0.947. The molecule has 1 heterocycles. The molecule has 0 bridgehead atoms. The third kappa shape index (κ3) is 5.98. The molecule has 0 N–H and O–H groups in total. The van der Waals surface area contributed by atoms with Gasteiger partial charge in [-0.25, -0.2) is 0 Å². The van der Waals surface area contributed by atoms with Gasteiger partial charge >= 0.3 is 0 Å². The summed E-state index contributed by atoms with van der Waals surface area (Å²) in [7, 11) is 0.